The van der Waals surface area contributed by atoms with Crippen LogP contribution in [0.1, 0.15) is 13.8 Å². The average molecular weight is 332 g/mol. The van der Waals surface area contributed by atoms with Gasteiger partial charge in [-0.25, -0.2) is 0 Å². The van der Waals surface area contributed by atoms with Crippen LogP contribution in [0.2, 0.25) is 5.02 Å². The van der Waals surface area contributed by atoms with Crippen molar-refractivity contribution in [3.05, 3.63) is 52.6 Å². The number of aliphatic carboxylic acids is 1. The first-order valence-electron chi connectivity index (χ1n) is 7.55. The summed E-state index contributed by atoms with van der Waals surface area (Å²) in [7, 11) is 0. The number of carboxylic acids is 1. The van der Waals surface area contributed by atoms with Crippen LogP contribution in [0.5, 0.6) is 0 Å². The Morgan fingerprint density at radius 1 is 1.04 bits per heavy atom. The number of carbonyl (C=O) groups is 2. The summed E-state index contributed by atoms with van der Waals surface area (Å²) in [5.74, 6) is -2.76. The van der Waals surface area contributed by atoms with Crippen molar-refractivity contribution in [3.8, 4) is 0 Å². The molecule has 4 atom stereocenters. The molecule has 1 aromatic carbocycles. The van der Waals surface area contributed by atoms with Gasteiger partial charge in [-0.1, -0.05) is 34.9 Å². The number of benzene rings is 1. The maximum Gasteiger partial charge on any atom is 0.308 e. The summed E-state index contributed by atoms with van der Waals surface area (Å²) in [6.07, 6.45) is 3.90. The van der Waals surface area contributed by atoms with Crippen molar-refractivity contribution in [1.82, 2.24) is 0 Å². The summed E-state index contributed by atoms with van der Waals surface area (Å²) >= 11 is 5.84. The highest BCUT2D eigenvalue weighted by Crippen LogP contribution is 2.53. The molecular weight excluding hydrogens is 314 g/mol. The van der Waals surface area contributed by atoms with Gasteiger partial charge < -0.3 is 10.4 Å². The number of amides is 1. The molecule has 1 aromatic rings. The molecule has 3 rings (SSSR count). The van der Waals surface area contributed by atoms with Gasteiger partial charge in [0.05, 0.1) is 11.8 Å². The van der Waals surface area contributed by atoms with Crippen molar-refractivity contribution in [3.63, 3.8) is 0 Å². The molecule has 0 radical (unpaired) electrons. The third-order valence-electron chi connectivity index (χ3n) is 4.68. The van der Waals surface area contributed by atoms with E-state index in [2.05, 4.69) is 5.32 Å². The molecule has 2 aliphatic carbocycles. The van der Waals surface area contributed by atoms with E-state index in [1.165, 1.54) is 0 Å². The number of nitrogens with one attached hydrogen (secondary N) is 1. The molecule has 4 nitrogen and oxygen atoms in total. The smallest absolute Gasteiger partial charge is 0.308 e. The largest absolute Gasteiger partial charge is 0.481 e. The van der Waals surface area contributed by atoms with Gasteiger partial charge in [0.15, 0.2) is 0 Å². The topological polar surface area (TPSA) is 66.4 Å². The van der Waals surface area contributed by atoms with Crippen molar-refractivity contribution in [2.45, 2.75) is 13.8 Å². The zero-order chi connectivity index (χ0) is 16.7. The van der Waals surface area contributed by atoms with Crippen molar-refractivity contribution < 1.29 is 14.7 Å². The fourth-order valence-electron chi connectivity index (χ4n) is 3.80. The zero-order valence-electron chi connectivity index (χ0n) is 12.9. The molecule has 0 aromatic heterocycles. The third-order valence-corrected chi connectivity index (χ3v) is 4.93. The van der Waals surface area contributed by atoms with E-state index >= 15 is 0 Å². The molecule has 0 aliphatic heterocycles. The number of rotatable bonds is 3. The molecule has 2 bridgehead atoms. The number of halogens is 1. The molecular formula is C18H18ClNO3. The van der Waals surface area contributed by atoms with Gasteiger partial charge in [0.2, 0.25) is 5.91 Å². The standard InChI is InChI=1S/C18H18ClNO3/c1-9(2)14-12-7-8-13(14)16(18(22)23)15(12)17(21)20-11-5-3-10(19)4-6-11/h3-8,12-13,15-16H,1-2H3,(H,20,21)(H,22,23)/t12-,13-,15-,16+/m1/s1. The Morgan fingerprint density at radius 2 is 1.61 bits per heavy atom. The molecule has 0 unspecified atom stereocenters. The molecule has 0 spiro atoms. The van der Waals surface area contributed by atoms with Gasteiger partial charge in [-0.15, -0.1) is 0 Å². The predicted molar refractivity (Wildman–Crippen MR) is 89.2 cm³/mol. The van der Waals surface area contributed by atoms with Crippen LogP contribution in [-0.4, -0.2) is 17.0 Å². The molecule has 23 heavy (non-hydrogen) atoms. The fraction of sp³-hybridized carbons (Fsp3) is 0.333. The first-order chi connectivity index (χ1) is 10.9. The number of hydrogen-bond donors (Lipinski definition) is 2. The third kappa shape index (κ3) is 2.68. The molecule has 0 heterocycles. The Hall–Kier alpha value is -2.07. The van der Waals surface area contributed by atoms with Crippen LogP contribution in [-0.2, 0) is 9.59 Å². The van der Waals surface area contributed by atoms with E-state index in [4.69, 9.17) is 11.6 Å². The minimum absolute atomic E-state index is 0.126. The summed E-state index contributed by atoms with van der Waals surface area (Å²) < 4.78 is 0. The van der Waals surface area contributed by atoms with Crippen LogP contribution in [0.25, 0.3) is 0 Å². The number of carboxylic acid groups (broad SMARTS) is 1. The first-order valence-corrected chi connectivity index (χ1v) is 7.92. The summed E-state index contributed by atoms with van der Waals surface area (Å²) in [5, 5.41) is 13.0. The Bertz CT molecular complexity index is 716. The minimum Gasteiger partial charge on any atom is -0.481 e. The normalized spacial score (nSPS) is 28.0. The monoisotopic (exact) mass is 331 g/mol. The Labute approximate surface area is 139 Å². The second-order valence-electron chi connectivity index (χ2n) is 6.28. The van der Waals surface area contributed by atoms with Crippen molar-refractivity contribution in [1.29, 1.82) is 0 Å². The molecule has 2 aliphatic rings. The number of fused-ring (bicyclic) bond motifs is 2. The lowest BCUT2D eigenvalue weighted by Crippen LogP contribution is -2.36. The maximum absolute atomic E-state index is 12.7. The van der Waals surface area contributed by atoms with Crippen molar-refractivity contribution in [2.24, 2.45) is 23.7 Å². The van der Waals surface area contributed by atoms with E-state index in [1.807, 2.05) is 26.0 Å². The Morgan fingerprint density at radius 3 is 2.13 bits per heavy atom. The number of allylic oxidation sites excluding steroid dienone is 4. The van der Waals surface area contributed by atoms with Crippen LogP contribution in [0.15, 0.2) is 47.6 Å². The molecule has 5 heteroatoms. The lowest BCUT2D eigenvalue weighted by Gasteiger charge is -2.23. The summed E-state index contributed by atoms with van der Waals surface area (Å²) in [6, 6.07) is 6.80. The van der Waals surface area contributed by atoms with Crippen LogP contribution in [0.3, 0.4) is 0 Å². The van der Waals surface area contributed by atoms with Gasteiger partial charge >= 0.3 is 5.97 Å². The molecule has 120 valence electrons. The zero-order valence-corrected chi connectivity index (χ0v) is 13.7. The van der Waals surface area contributed by atoms with E-state index in [-0.39, 0.29) is 17.7 Å². The highest BCUT2D eigenvalue weighted by atomic mass is 35.5. The second-order valence-corrected chi connectivity index (χ2v) is 6.71. The molecule has 1 saturated carbocycles. The molecule has 2 N–H and O–H groups in total. The van der Waals surface area contributed by atoms with Crippen LogP contribution >= 0.6 is 11.6 Å². The van der Waals surface area contributed by atoms with E-state index in [0.29, 0.717) is 10.7 Å². The van der Waals surface area contributed by atoms with Crippen LogP contribution in [0, 0.1) is 23.7 Å². The van der Waals surface area contributed by atoms with Crippen molar-refractivity contribution >= 4 is 29.2 Å². The Kier molecular flexibility index (Phi) is 4.02. The SMILES string of the molecule is CC(C)=C1[C@H]2C=C[C@H]1[C@@H](C(=O)Nc1ccc(Cl)cc1)[C@H]2C(=O)O. The van der Waals surface area contributed by atoms with Crippen LogP contribution in [0.4, 0.5) is 5.69 Å². The quantitative estimate of drug-likeness (QED) is 0.829. The van der Waals surface area contributed by atoms with Gasteiger partial charge in [0, 0.05) is 22.5 Å². The number of carbonyl (C=O) groups excluding carboxylic acids is 1. The van der Waals surface area contributed by atoms with Crippen LogP contribution < -0.4 is 5.32 Å². The van der Waals surface area contributed by atoms with Gasteiger partial charge in [0.1, 0.15) is 0 Å². The number of anilines is 1. The highest BCUT2D eigenvalue weighted by Gasteiger charge is 2.54. The van der Waals surface area contributed by atoms with E-state index in [9.17, 15) is 14.7 Å². The summed E-state index contributed by atoms with van der Waals surface area (Å²) in [4.78, 5) is 24.4. The second kappa shape index (κ2) is 5.85. The van der Waals surface area contributed by atoms with Gasteiger partial charge in [0.25, 0.3) is 0 Å². The summed E-state index contributed by atoms with van der Waals surface area (Å²) in [5.41, 5.74) is 2.79. The first kappa shape index (κ1) is 15.8. The highest BCUT2D eigenvalue weighted by molar-refractivity contribution is 6.30. The molecule has 0 saturated heterocycles. The fourth-order valence-corrected chi connectivity index (χ4v) is 3.93. The average Bonchev–Trinajstić information content (AvgIpc) is 3.05. The lowest BCUT2D eigenvalue weighted by molar-refractivity contribution is -0.146. The molecule has 1 amide bonds. The predicted octanol–water partition coefficient (Wildman–Crippen LogP) is 3.75. The lowest BCUT2D eigenvalue weighted by atomic mass is 9.82. The van der Waals surface area contributed by atoms with E-state index < -0.39 is 17.8 Å². The minimum atomic E-state index is -0.920. The van der Waals surface area contributed by atoms with E-state index in [1.54, 1.807) is 24.3 Å². The number of hydrogen-bond acceptors (Lipinski definition) is 2. The van der Waals surface area contributed by atoms with Gasteiger partial charge in [-0.2, -0.15) is 0 Å². The van der Waals surface area contributed by atoms with Crippen molar-refractivity contribution in [2.75, 3.05) is 5.32 Å². The molecule has 1 fully saturated rings. The Balaban J connectivity index is 1.89. The summed E-state index contributed by atoms with van der Waals surface area (Å²) in [6.45, 7) is 3.95. The van der Waals surface area contributed by atoms with Gasteiger partial charge in [-0.05, 0) is 38.1 Å². The maximum atomic E-state index is 12.7. The van der Waals surface area contributed by atoms with E-state index in [0.717, 1.165) is 11.1 Å². The van der Waals surface area contributed by atoms with Gasteiger partial charge in [-0.3, -0.25) is 9.59 Å².